The van der Waals surface area contributed by atoms with Crippen LogP contribution in [-0.2, 0) is 0 Å². The fourth-order valence-corrected chi connectivity index (χ4v) is 6.47. The molecule has 8 nitrogen and oxygen atoms in total. The SMILES string of the molecule is COc1ncccc1-c1ccnc(N[C@@H]2CCCC[C@H]2CC2CCCN(c3ccc(-c4nnc(C)o4)cc3)C2)c1. The Kier molecular flexibility index (Phi) is 7.93. The first-order chi connectivity index (χ1) is 19.7. The molecular formula is C32H38N6O2. The normalized spacial score (nSPS) is 21.2. The van der Waals surface area contributed by atoms with Crippen LogP contribution in [0.4, 0.5) is 11.5 Å². The summed E-state index contributed by atoms with van der Waals surface area (Å²) in [6, 6.07) is 17.2. The highest BCUT2D eigenvalue weighted by atomic mass is 16.5. The molecule has 0 amide bonds. The van der Waals surface area contributed by atoms with Gasteiger partial charge in [0.15, 0.2) is 0 Å². The van der Waals surface area contributed by atoms with Crippen molar-refractivity contribution in [2.24, 2.45) is 11.8 Å². The second kappa shape index (κ2) is 12.1. The Balaban J connectivity index is 1.11. The van der Waals surface area contributed by atoms with Gasteiger partial charge in [0.2, 0.25) is 17.7 Å². The van der Waals surface area contributed by atoms with E-state index in [0.717, 1.165) is 35.6 Å². The lowest BCUT2D eigenvalue weighted by molar-refractivity contribution is 0.247. The van der Waals surface area contributed by atoms with Crippen LogP contribution in [0.1, 0.15) is 50.8 Å². The molecule has 2 aliphatic rings. The van der Waals surface area contributed by atoms with Gasteiger partial charge in [0, 0.05) is 55.3 Å². The van der Waals surface area contributed by atoms with E-state index in [-0.39, 0.29) is 0 Å². The predicted molar refractivity (Wildman–Crippen MR) is 157 cm³/mol. The molecule has 6 rings (SSSR count). The van der Waals surface area contributed by atoms with Crippen molar-refractivity contribution in [3.8, 4) is 28.5 Å². The van der Waals surface area contributed by atoms with Crippen LogP contribution in [0.25, 0.3) is 22.6 Å². The van der Waals surface area contributed by atoms with Crippen LogP contribution >= 0.6 is 0 Å². The van der Waals surface area contributed by atoms with Gasteiger partial charge in [-0.1, -0.05) is 12.8 Å². The van der Waals surface area contributed by atoms with Gasteiger partial charge < -0.3 is 19.4 Å². The average molecular weight is 539 g/mol. The van der Waals surface area contributed by atoms with E-state index in [0.29, 0.717) is 35.5 Å². The summed E-state index contributed by atoms with van der Waals surface area (Å²) in [6.45, 7) is 4.03. The van der Waals surface area contributed by atoms with Crippen LogP contribution in [0.15, 0.2) is 65.3 Å². The van der Waals surface area contributed by atoms with Gasteiger partial charge in [-0.15, -0.1) is 10.2 Å². The van der Waals surface area contributed by atoms with Crippen LogP contribution in [-0.4, -0.2) is 46.4 Å². The van der Waals surface area contributed by atoms with Crippen LogP contribution in [0.2, 0.25) is 0 Å². The maximum Gasteiger partial charge on any atom is 0.247 e. The van der Waals surface area contributed by atoms with Crippen LogP contribution in [0.3, 0.4) is 0 Å². The molecule has 0 spiro atoms. The fourth-order valence-electron chi connectivity index (χ4n) is 6.47. The molecule has 2 fully saturated rings. The molecule has 4 heterocycles. The summed E-state index contributed by atoms with van der Waals surface area (Å²) in [5.74, 6) is 4.08. The summed E-state index contributed by atoms with van der Waals surface area (Å²) in [6.07, 6.45) is 12.5. The second-order valence-electron chi connectivity index (χ2n) is 11.1. The van der Waals surface area contributed by atoms with Crippen molar-refractivity contribution in [1.29, 1.82) is 0 Å². The number of pyridine rings is 2. The molecule has 1 saturated heterocycles. The Morgan fingerprint density at radius 3 is 2.65 bits per heavy atom. The molecule has 3 aromatic heterocycles. The Bertz CT molecular complexity index is 1400. The van der Waals surface area contributed by atoms with E-state index >= 15 is 0 Å². The minimum Gasteiger partial charge on any atom is -0.481 e. The summed E-state index contributed by atoms with van der Waals surface area (Å²) in [4.78, 5) is 11.6. The number of aryl methyl sites for hydroxylation is 1. The number of rotatable bonds is 8. The van der Waals surface area contributed by atoms with Gasteiger partial charge in [-0.05, 0) is 98.0 Å². The Labute approximate surface area is 236 Å². The largest absolute Gasteiger partial charge is 0.481 e. The molecule has 40 heavy (non-hydrogen) atoms. The van der Waals surface area contributed by atoms with E-state index in [2.05, 4.69) is 60.7 Å². The first-order valence-corrected chi connectivity index (χ1v) is 14.5. The fraction of sp³-hybridized carbons (Fsp3) is 0.438. The average Bonchev–Trinajstić information content (AvgIpc) is 3.45. The predicted octanol–water partition coefficient (Wildman–Crippen LogP) is 6.79. The maximum absolute atomic E-state index is 5.59. The van der Waals surface area contributed by atoms with Crippen LogP contribution in [0.5, 0.6) is 5.88 Å². The molecule has 1 aromatic carbocycles. The Morgan fingerprint density at radius 1 is 0.950 bits per heavy atom. The molecule has 1 N–H and O–H groups in total. The van der Waals surface area contributed by atoms with Gasteiger partial charge in [-0.25, -0.2) is 9.97 Å². The van der Waals surface area contributed by atoms with Crippen molar-refractivity contribution in [2.45, 2.75) is 57.9 Å². The van der Waals surface area contributed by atoms with Gasteiger partial charge in [-0.2, -0.15) is 0 Å². The molecular weight excluding hydrogens is 500 g/mol. The summed E-state index contributed by atoms with van der Waals surface area (Å²) < 4.78 is 11.1. The van der Waals surface area contributed by atoms with Crippen LogP contribution in [0, 0.1) is 18.8 Å². The number of piperidine rings is 1. The Hall–Kier alpha value is -3.94. The second-order valence-corrected chi connectivity index (χ2v) is 11.1. The number of benzene rings is 1. The van der Waals surface area contributed by atoms with E-state index in [1.54, 1.807) is 13.3 Å². The zero-order chi connectivity index (χ0) is 27.3. The molecule has 0 radical (unpaired) electrons. The summed E-state index contributed by atoms with van der Waals surface area (Å²) in [7, 11) is 1.66. The zero-order valence-electron chi connectivity index (χ0n) is 23.4. The number of anilines is 2. The highest BCUT2D eigenvalue weighted by Gasteiger charge is 2.30. The third-order valence-corrected chi connectivity index (χ3v) is 8.44. The minimum atomic E-state index is 0.444. The molecule has 1 aliphatic heterocycles. The summed E-state index contributed by atoms with van der Waals surface area (Å²) in [5.41, 5.74) is 4.29. The first kappa shape index (κ1) is 26.3. The van der Waals surface area contributed by atoms with Gasteiger partial charge >= 0.3 is 0 Å². The van der Waals surface area contributed by atoms with Crippen molar-refractivity contribution < 1.29 is 9.15 Å². The number of hydrogen-bond donors (Lipinski definition) is 1. The van der Waals surface area contributed by atoms with Gasteiger partial charge in [0.05, 0.1) is 7.11 Å². The maximum atomic E-state index is 5.59. The molecule has 1 unspecified atom stereocenters. The smallest absolute Gasteiger partial charge is 0.247 e. The Morgan fingerprint density at radius 2 is 1.82 bits per heavy atom. The number of hydrogen-bond acceptors (Lipinski definition) is 8. The number of nitrogens with zero attached hydrogens (tertiary/aromatic N) is 5. The molecule has 8 heteroatoms. The number of aromatic nitrogens is 4. The summed E-state index contributed by atoms with van der Waals surface area (Å²) >= 11 is 0. The minimum absolute atomic E-state index is 0.444. The lowest BCUT2D eigenvalue weighted by atomic mass is 9.77. The van der Waals surface area contributed by atoms with Crippen molar-refractivity contribution in [3.63, 3.8) is 0 Å². The quantitative estimate of drug-likeness (QED) is 0.262. The standard InChI is InChI=1S/C32H38N6O2/c1-22-36-37-31(40-22)24-11-13-27(14-12-24)38-18-6-7-23(21-38)19-26-8-3-4-10-29(26)35-30-20-25(15-17-33-30)28-9-5-16-34-32(28)39-2/h5,9,11-17,20,23,26,29H,3-4,6-8,10,18-19,21H2,1-2H3,(H,33,35)/t23?,26-,29+/m0/s1. The van der Waals surface area contributed by atoms with Crippen molar-refractivity contribution >= 4 is 11.5 Å². The topological polar surface area (TPSA) is 89.2 Å². The van der Waals surface area contributed by atoms with Crippen molar-refractivity contribution in [2.75, 3.05) is 30.4 Å². The van der Waals surface area contributed by atoms with E-state index in [1.807, 2.05) is 31.3 Å². The monoisotopic (exact) mass is 538 g/mol. The molecule has 1 saturated carbocycles. The number of ether oxygens (including phenoxy) is 1. The lowest BCUT2D eigenvalue weighted by Gasteiger charge is -2.39. The number of nitrogens with one attached hydrogen (secondary N) is 1. The molecule has 0 bridgehead atoms. The third-order valence-electron chi connectivity index (χ3n) is 8.44. The molecule has 1 aliphatic carbocycles. The lowest BCUT2D eigenvalue weighted by Crippen LogP contribution is -2.39. The zero-order valence-corrected chi connectivity index (χ0v) is 23.4. The van der Waals surface area contributed by atoms with Crippen molar-refractivity contribution in [3.05, 3.63) is 66.8 Å². The van der Waals surface area contributed by atoms with Gasteiger partial charge in [-0.3, -0.25) is 0 Å². The van der Waals surface area contributed by atoms with E-state index in [1.165, 1.54) is 50.6 Å². The molecule has 4 aromatic rings. The highest BCUT2D eigenvalue weighted by molar-refractivity contribution is 5.70. The highest BCUT2D eigenvalue weighted by Crippen LogP contribution is 2.36. The number of methoxy groups -OCH3 is 1. The van der Waals surface area contributed by atoms with Gasteiger partial charge in [0.1, 0.15) is 5.82 Å². The van der Waals surface area contributed by atoms with Gasteiger partial charge in [0.25, 0.3) is 0 Å². The summed E-state index contributed by atoms with van der Waals surface area (Å²) in [5, 5.41) is 11.9. The van der Waals surface area contributed by atoms with E-state index < -0.39 is 0 Å². The van der Waals surface area contributed by atoms with E-state index in [9.17, 15) is 0 Å². The van der Waals surface area contributed by atoms with E-state index in [4.69, 9.17) is 9.15 Å². The van der Waals surface area contributed by atoms with Crippen molar-refractivity contribution in [1.82, 2.24) is 20.2 Å². The molecule has 208 valence electrons. The molecule has 3 atom stereocenters. The van der Waals surface area contributed by atoms with Crippen LogP contribution < -0.4 is 15.0 Å². The third kappa shape index (κ3) is 5.96. The first-order valence-electron chi connectivity index (χ1n) is 14.5.